The number of nitrogens with one attached hydrogen (secondary N) is 1. The van der Waals surface area contributed by atoms with Crippen molar-refractivity contribution in [2.45, 2.75) is 0 Å². The van der Waals surface area contributed by atoms with Crippen LogP contribution in [0.15, 0.2) is 12.4 Å². The smallest absolute Gasteiger partial charge is 0.241 e. The standard InChI is InChI=1S/C10H15N5O/c1-11-8-5-12-6-9(13-8)15-4-3-14(2)10(16)7-15/h5-6H,3-4,7H2,1-2H3,(H,11,13). The van der Waals surface area contributed by atoms with E-state index in [-0.39, 0.29) is 5.91 Å². The van der Waals surface area contributed by atoms with E-state index in [1.165, 1.54) is 0 Å². The molecule has 6 nitrogen and oxygen atoms in total. The van der Waals surface area contributed by atoms with E-state index >= 15 is 0 Å². The molecule has 2 heterocycles. The van der Waals surface area contributed by atoms with Crippen LogP contribution in [0.1, 0.15) is 0 Å². The van der Waals surface area contributed by atoms with Crippen LogP contribution in [0.25, 0.3) is 0 Å². The quantitative estimate of drug-likeness (QED) is 0.749. The number of rotatable bonds is 2. The number of nitrogens with zero attached hydrogens (tertiary/aromatic N) is 4. The van der Waals surface area contributed by atoms with Crippen LogP contribution in [-0.2, 0) is 4.79 Å². The number of amides is 1. The van der Waals surface area contributed by atoms with Gasteiger partial charge in [0.1, 0.15) is 11.6 Å². The van der Waals surface area contributed by atoms with Crippen LogP contribution < -0.4 is 10.2 Å². The highest BCUT2D eigenvalue weighted by atomic mass is 16.2. The fraction of sp³-hybridized carbons (Fsp3) is 0.500. The minimum Gasteiger partial charge on any atom is -0.372 e. The summed E-state index contributed by atoms with van der Waals surface area (Å²) in [5, 5.41) is 2.93. The first-order valence-corrected chi connectivity index (χ1v) is 5.19. The van der Waals surface area contributed by atoms with E-state index in [0.717, 1.165) is 18.9 Å². The van der Waals surface area contributed by atoms with E-state index in [1.807, 2.05) is 11.9 Å². The van der Waals surface area contributed by atoms with Crippen LogP contribution in [0, 0.1) is 0 Å². The number of anilines is 2. The van der Waals surface area contributed by atoms with E-state index in [9.17, 15) is 4.79 Å². The van der Waals surface area contributed by atoms with E-state index in [2.05, 4.69) is 15.3 Å². The molecule has 0 spiro atoms. The number of aromatic nitrogens is 2. The van der Waals surface area contributed by atoms with Crippen LogP contribution in [0.4, 0.5) is 11.6 Å². The molecule has 0 aliphatic carbocycles. The van der Waals surface area contributed by atoms with Gasteiger partial charge in [-0.1, -0.05) is 0 Å². The minimum absolute atomic E-state index is 0.114. The second-order valence-corrected chi connectivity index (χ2v) is 3.75. The van der Waals surface area contributed by atoms with Crippen molar-refractivity contribution in [1.29, 1.82) is 0 Å². The molecule has 1 amide bonds. The van der Waals surface area contributed by atoms with Crippen molar-refractivity contribution in [2.24, 2.45) is 0 Å². The summed E-state index contributed by atoms with van der Waals surface area (Å²) in [6.07, 6.45) is 3.33. The molecule has 1 aromatic rings. The van der Waals surface area contributed by atoms with Crippen molar-refractivity contribution >= 4 is 17.5 Å². The summed E-state index contributed by atoms with van der Waals surface area (Å²) >= 11 is 0. The predicted octanol–water partition coefficient (Wildman–Crippen LogP) is -0.203. The zero-order valence-corrected chi connectivity index (χ0v) is 9.47. The topological polar surface area (TPSA) is 61.4 Å². The third-order valence-corrected chi connectivity index (χ3v) is 2.66. The summed E-state index contributed by atoms with van der Waals surface area (Å²) in [6, 6.07) is 0. The lowest BCUT2D eigenvalue weighted by atomic mass is 10.3. The van der Waals surface area contributed by atoms with Gasteiger partial charge in [0.05, 0.1) is 18.9 Å². The number of carbonyl (C=O) groups is 1. The Morgan fingerprint density at radius 1 is 1.38 bits per heavy atom. The third-order valence-electron chi connectivity index (χ3n) is 2.66. The van der Waals surface area contributed by atoms with Crippen molar-refractivity contribution in [3.05, 3.63) is 12.4 Å². The van der Waals surface area contributed by atoms with Gasteiger partial charge in [-0.3, -0.25) is 9.78 Å². The van der Waals surface area contributed by atoms with E-state index in [4.69, 9.17) is 0 Å². The summed E-state index contributed by atoms with van der Waals surface area (Å²) in [7, 11) is 3.61. The maximum absolute atomic E-state index is 11.6. The fourth-order valence-corrected chi connectivity index (χ4v) is 1.58. The zero-order chi connectivity index (χ0) is 11.5. The number of hydrogen-bond donors (Lipinski definition) is 1. The van der Waals surface area contributed by atoms with Gasteiger partial charge in [0.15, 0.2) is 0 Å². The molecule has 2 rings (SSSR count). The molecule has 0 bridgehead atoms. The van der Waals surface area contributed by atoms with E-state index < -0.39 is 0 Å². The summed E-state index contributed by atoms with van der Waals surface area (Å²) in [5.41, 5.74) is 0. The van der Waals surface area contributed by atoms with Gasteiger partial charge in [-0.05, 0) is 0 Å². The molecule has 1 aliphatic heterocycles. The first-order valence-electron chi connectivity index (χ1n) is 5.19. The van der Waals surface area contributed by atoms with Gasteiger partial charge < -0.3 is 15.1 Å². The average Bonchev–Trinajstić information content (AvgIpc) is 2.33. The highest BCUT2D eigenvalue weighted by molar-refractivity contribution is 5.82. The van der Waals surface area contributed by atoms with Gasteiger partial charge in [-0.2, -0.15) is 0 Å². The van der Waals surface area contributed by atoms with Crippen molar-refractivity contribution in [1.82, 2.24) is 14.9 Å². The molecule has 86 valence electrons. The average molecular weight is 221 g/mol. The number of likely N-dealkylation sites (N-methyl/N-ethyl adjacent to an activating group) is 1. The van der Waals surface area contributed by atoms with Gasteiger partial charge in [0.2, 0.25) is 5.91 Å². The first-order chi connectivity index (χ1) is 7.70. The fourth-order valence-electron chi connectivity index (χ4n) is 1.58. The molecule has 0 saturated carbocycles. The van der Waals surface area contributed by atoms with Crippen LogP contribution in [0.2, 0.25) is 0 Å². The summed E-state index contributed by atoms with van der Waals surface area (Å²) in [4.78, 5) is 23.7. The number of carbonyl (C=O) groups excluding carboxylic acids is 1. The number of hydrogen-bond acceptors (Lipinski definition) is 5. The van der Waals surface area contributed by atoms with E-state index in [0.29, 0.717) is 12.4 Å². The first kappa shape index (κ1) is 10.7. The summed E-state index contributed by atoms with van der Waals surface area (Å²) < 4.78 is 0. The Balaban J connectivity index is 2.15. The minimum atomic E-state index is 0.114. The van der Waals surface area contributed by atoms with Crippen LogP contribution in [-0.4, -0.2) is 54.5 Å². The van der Waals surface area contributed by atoms with Crippen molar-refractivity contribution in [2.75, 3.05) is 43.9 Å². The van der Waals surface area contributed by atoms with Gasteiger partial charge in [0.25, 0.3) is 0 Å². The highest BCUT2D eigenvalue weighted by Crippen LogP contribution is 2.14. The summed E-state index contributed by atoms with van der Waals surface area (Å²) in [6.45, 7) is 1.90. The molecule has 1 fully saturated rings. The second kappa shape index (κ2) is 4.34. The van der Waals surface area contributed by atoms with Crippen molar-refractivity contribution in [3.63, 3.8) is 0 Å². The Morgan fingerprint density at radius 3 is 2.88 bits per heavy atom. The van der Waals surface area contributed by atoms with Crippen LogP contribution >= 0.6 is 0 Å². The second-order valence-electron chi connectivity index (χ2n) is 3.75. The SMILES string of the molecule is CNc1cncc(N2CCN(C)C(=O)C2)n1. The lowest BCUT2D eigenvalue weighted by molar-refractivity contribution is -0.129. The largest absolute Gasteiger partial charge is 0.372 e. The number of piperazine rings is 1. The molecule has 1 saturated heterocycles. The Hall–Kier alpha value is -1.85. The van der Waals surface area contributed by atoms with Crippen LogP contribution in [0.3, 0.4) is 0 Å². The molecular weight excluding hydrogens is 206 g/mol. The lowest BCUT2D eigenvalue weighted by Crippen LogP contribution is -2.48. The Kier molecular flexibility index (Phi) is 2.89. The van der Waals surface area contributed by atoms with Gasteiger partial charge in [-0.15, -0.1) is 0 Å². The third kappa shape index (κ3) is 2.05. The highest BCUT2D eigenvalue weighted by Gasteiger charge is 2.22. The summed E-state index contributed by atoms with van der Waals surface area (Å²) in [5.74, 6) is 1.57. The molecule has 1 aromatic heterocycles. The normalized spacial score (nSPS) is 16.5. The Labute approximate surface area is 94.3 Å². The van der Waals surface area contributed by atoms with Crippen molar-refractivity contribution < 1.29 is 4.79 Å². The lowest BCUT2D eigenvalue weighted by Gasteiger charge is -2.32. The maximum Gasteiger partial charge on any atom is 0.241 e. The Bertz CT molecular complexity index is 395. The Morgan fingerprint density at radius 2 is 2.19 bits per heavy atom. The molecule has 6 heteroatoms. The molecule has 1 N–H and O–H groups in total. The molecule has 0 radical (unpaired) electrons. The monoisotopic (exact) mass is 221 g/mol. The molecule has 1 aliphatic rings. The van der Waals surface area contributed by atoms with Gasteiger partial charge in [-0.25, -0.2) is 4.98 Å². The van der Waals surface area contributed by atoms with Crippen molar-refractivity contribution in [3.8, 4) is 0 Å². The zero-order valence-electron chi connectivity index (χ0n) is 9.47. The van der Waals surface area contributed by atoms with Crippen LogP contribution in [0.5, 0.6) is 0 Å². The van der Waals surface area contributed by atoms with E-state index in [1.54, 1.807) is 24.3 Å². The molecule has 0 unspecified atom stereocenters. The maximum atomic E-state index is 11.6. The molecule has 0 aromatic carbocycles. The van der Waals surface area contributed by atoms with Gasteiger partial charge in [0, 0.05) is 27.2 Å². The predicted molar refractivity (Wildman–Crippen MR) is 61.4 cm³/mol. The molecule has 0 atom stereocenters. The molecular formula is C10H15N5O. The van der Waals surface area contributed by atoms with Gasteiger partial charge >= 0.3 is 0 Å². The molecule has 16 heavy (non-hydrogen) atoms.